The molecule has 0 saturated heterocycles. The van der Waals surface area contributed by atoms with E-state index in [4.69, 9.17) is 9.47 Å². The van der Waals surface area contributed by atoms with E-state index >= 15 is 0 Å². The average molecular weight is 313 g/mol. The minimum atomic E-state index is -0.353. The van der Waals surface area contributed by atoms with E-state index in [1.54, 1.807) is 6.07 Å². The molecule has 4 heteroatoms. The maximum absolute atomic E-state index is 11.7. The van der Waals surface area contributed by atoms with Gasteiger partial charge in [0.25, 0.3) is 0 Å². The number of esters is 1. The maximum atomic E-state index is 11.7. The molecule has 1 fully saturated rings. The Morgan fingerprint density at radius 2 is 2.00 bits per heavy atom. The molecule has 1 saturated carbocycles. The van der Waals surface area contributed by atoms with E-state index in [1.165, 1.54) is 26.4 Å². The Bertz CT molecular complexity index is 425. The summed E-state index contributed by atoms with van der Waals surface area (Å²) in [4.78, 5) is 11.7. The zero-order chi connectivity index (χ0) is 13.0. The van der Waals surface area contributed by atoms with Gasteiger partial charge in [0.2, 0.25) is 0 Å². The lowest BCUT2D eigenvalue weighted by atomic mass is 9.97. The van der Waals surface area contributed by atoms with E-state index in [9.17, 15) is 4.79 Å². The first-order valence-electron chi connectivity index (χ1n) is 6.25. The van der Waals surface area contributed by atoms with Crippen LogP contribution >= 0.6 is 15.9 Å². The molecule has 18 heavy (non-hydrogen) atoms. The lowest BCUT2D eigenvalue weighted by Crippen LogP contribution is -2.21. The van der Waals surface area contributed by atoms with Gasteiger partial charge in [-0.15, -0.1) is 0 Å². The molecule has 0 aliphatic heterocycles. The van der Waals surface area contributed by atoms with Crippen LogP contribution in [0.3, 0.4) is 0 Å². The third-order valence-corrected chi connectivity index (χ3v) is 3.69. The van der Waals surface area contributed by atoms with Crippen LogP contribution in [0.1, 0.15) is 42.5 Å². The van der Waals surface area contributed by atoms with E-state index < -0.39 is 0 Å². The summed E-state index contributed by atoms with van der Waals surface area (Å²) in [5.41, 5.74) is 0.492. The fourth-order valence-corrected chi connectivity index (χ4v) is 2.57. The Labute approximate surface area is 116 Å². The van der Waals surface area contributed by atoms with Crippen LogP contribution < -0.4 is 4.74 Å². The topological polar surface area (TPSA) is 35.5 Å². The smallest absolute Gasteiger partial charge is 0.341 e. The number of rotatable bonds is 3. The van der Waals surface area contributed by atoms with Crippen molar-refractivity contribution in [1.82, 2.24) is 0 Å². The van der Waals surface area contributed by atoms with Crippen molar-refractivity contribution >= 4 is 21.9 Å². The molecule has 98 valence electrons. The van der Waals surface area contributed by atoms with Gasteiger partial charge in [-0.1, -0.05) is 22.4 Å². The second-order valence-electron chi connectivity index (χ2n) is 4.51. The SMILES string of the molecule is COC(=O)c1ccc(Br)cc1OC1CCCCC1. The molecule has 0 bridgehead atoms. The largest absolute Gasteiger partial charge is 0.489 e. The number of hydrogen-bond donors (Lipinski definition) is 0. The molecule has 1 aromatic rings. The number of ether oxygens (including phenoxy) is 2. The first kappa shape index (κ1) is 13.4. The summed E-state index contributed by atoms with van der Waals surface area (Å²) >= 11 is 3.40. The lowest BCUT2D eigenvalue weighted by Gasteiger charge is -2.24. The molecule has 0 heterocycles. The summed E-state index contributed by atoms with van der Waals surface area (Å²) in [6.07, 6.45) is 6.03. The third-order valence-electron chi connectivity index (χ3n) is 3.19. The van der Waals surface area contributed by atoms with Crippen LogP contribution in [0.15, 0.2) is 22.7 Å². The Kier molecular flexibility index (Phi) is 4.64. The van der Waals surface area contributed by atoms with Gasteiger partial charge in [0.05, 0.1) is 13.2 Å². The molecular weight excluding hydrogens is 296 g/mol. The third kappa shape index (κ3) is 3.25. The highest BCUT2D eigenvalue weighted by Gasteiger charge is 2.19. The highest BCUT2D eigenvalue weighted by Crippen LogP contribution is 2.29. The molecule has 0 aromatic heterocycles. The average Bonchev–Trinajstić information content (AvgIpc) is 2.39. The molecule has 0 amide bonds. The van der Waals surface area contributed by atoms with Gasteiger partial charge in [0.1, 0.15) is 11.3 Å². The fraction of sp³-hybridized carbons (Fsp3) is 0.500. The molecule has 0 radical (unpaired) electrons. The molecule has 0 N–H and O–H groups in total. The normalized spacial score (nSPS) is 16.3. The van der Waals surface area contributed by atoms with Crippen molar-refractivity contribution in [2.75, 3.05) is 7.11 Å². The first-order chi connectivity index (χ1) is 8.70. The maximum Gasteiger partial charge on any atom is 0.341 e. The zero-order valence-electron chi connectivity index (χ0n) is 10.4. The highest BCUT2D eigenvalue weighted by molar-refractivity contribution is 9.10. The highest BCUT2D eigenvalue weighted by atomic mass is 79.9. The summed E-state index contributed by atoms with van der Waals surface area (Å²) < 4.78 is 11.6. The number of methoxy groups -OCH3 is 1. The predicted octanol–water partition coefficient (Wildman–Crippen LogP) is 3.95. The molecule has 3 nitrogen and oxygen atoms in total. The van der Waals surface area contributed by atoms with Crippen LogP contribution in [0.25, 0.3) is 0 Å². The van der Waals surface area contributed by atoms with Gasteiger partial charge in [-0.05, 0) is 43.9 Å². The van der Waals surface area contributed by atoms with Crippen LogP contribution in [0.4, 0.5) is 0 Å². The minimum Gasteiger partial charge on any atom is -0.489 e. The van der Waals surface area contributed by atoms with Gasteiger partial charge in [-0.2, -0.15) is 0 Å². The van der Waals surface area contributed by atoms with Crippen molar-refractivity contribution in [3.63, 3.8) is 0 Å². The van der Waals surface area contributed by atoms with Crippen LogP contribution in [0.5, 0.6) is 5.75 Å². The molecular formula is C14H17BrO3. The number of carbonyl (C=O) groups excluding carboxylic acids is 1. The predicted molar refractivity (Wildman–Crippen MR) is 73.0 cm³/mol. The van der Waals surface area contributed by atoms with E-state index in [-0.39, 0.29) is 12.1 Å². The standard InChI is InChI=1S/C14H17BrO3/c1-17-14(16)12-8-7-10(15)9-13(12)18-11-5-3-2-4-6-11/h7-9,11H,2-6H2,1H3. The zero-order valence-corrected chi connectivity index (χ0v) is 12.0. The Balaban J connectivity index is 2.18. The van der Waals surface area contributed by atoms with Crippen LogP contribution in [-0.2, 0) is 4.74 Å². The Morgan fingerprint density at radius 1 is 1.28 bits per heavy atom. The van der Waals surface area contributed by atoms with Crippen molar-refractivity contribution in [2.45, 2.75) is 38.2 Å². The van der Waals surface area contributed by atoms with Crippen LogP contribution in [0.2, 0.25) is 0 Å². The molecule has 2 rings (SSSR count). The molecule has 1 aliphatic rings. The van der Waals surface area contributed by atoms with Gasteiger partial charge in [-0.25, -0.2) is 4.79 Å². The molecule has 0 unspecified atom stereocenters. The summed E-state index contributed by atoms with van der Waals surface area (Å²) in [5, 5.41) is 0. The van der Waals surface area contributed by atoms with Gasteiger partial charge in [-0.3, -0.25) is 0 Å². The van der Waals surface area contributed by atoms with Crippen molar-refractivity contribution in [2.24, 2.45) is 0 Å². The number of benzene rings is 1. The Morgan fingerprint density at radius 3 is 2.67 bits per heavy atom. The lowest BCUT2D eigenvalue weighted by molar-refractivity contribution is 0.0590. The Hall–Kier alpha value is -1.03. The summed E-state index contributed by atoms with van der Waals surface area (Å²) in [5.74, 6) is 0.261. The van der Waals surface area contributed by atoms with E-state index in [1.807, 2.05) is 12.1 Å². The van der Waals surface area contributed by atoms with Crippen molar-refractivity contribution < 1.29 is 14.3 Å². The summed E-state index contributed by atoms with van der Waals surface area (Å²) in [6, 6.07) is 5.38. The molecule has 0 spiro atoms. The second-order valence-corrected chi connectivity index (χ2v) is 5.43. The fourth-order valence-electron chi connectivity index (χ4n) is 2.23. The van der Waals surface area contributed by atoms with Gasteiger partial charge < -0.3 is 9.47 Å². The van der Waals surface area contributed by atoms with Gasteiger partial charge in [0, 0.05) is 4.47 Å². The number of hydrogen-bond acceptors (Lipinski definition) is 3. The van der Waals surface area contributed by atoms with Crippen molar-refractivity contribution in [3.8, 4) is 5.75 Å². The molecule has 0 atom stereocenters. The van der Waals surface area contributed by atoms with Crippen molar-refractivity contribution in [3.05, 3.63) is 28.2 Å². The van der Waals surface area contributed by atoms with Gasteiger partial charge >= 0.3 is 5.97 Å². The van der Waals surface area contributed by atoms with E-state index in [0.717, 1.165) is 17.3 Å². The second kappa shape index (κ2) is 6.23. The van der Waals surface area contributed by atoms with E-state index in [2.05, 4.69) is 15.9 Å². The monoisotopic (exact) mass is 312 g/mol. The first-order valence-corrected chi connectivity index (χ1v) is 7.04. The summed E-state index contributed by atoms with van der Waals surface area (Å²) in [6.45, 7) is 0. The number of carbonyl (C=O) groups is 1. The van der Waals surface area contributed by atoms with Crippen molar-refractivity contribution in [1.29, 1.82) is 0 Å². The molecule has 1 aromatic carbocycles. The van der Waals surface area contributed by atoms with E-state index in [0.29, 0.717) is 11.3 Å². The minimum absolute atomic E-state index is 0.219. The quantitative estimate of drug-likeness (QED) is 0.793. The van der Waals surface area contributed by atoms with Crippen LogP contribution in [0, 0.1) is 0 Å². The van der Waals surface area contributed by atoms with Gasteiger partial charge in [0.15, 0.2) is 0 Å². The summed E-state index contributed by atoms with van der Waals surface area (Å²) in [7, 11) is 1.38. The molecule has 1 aliphatic carbocycles. The number of halogens is 1. The van der Waals surface area contributed by atoms with Crippen LogP contribution in [-0.4, -0.2) is 19.2 Å².